The van der Waals surface area contributed by atoms with Crippen LogP contribution in [0.5, 0.6) is 0 Å². The van der Waals surface area contributed by atoms with Gasteiger partial charge < -0.3 is 5.32 Å². The van der Waals surface area contributed by atoms with Crippen LogP contribution < -0.4 is 10.9 Å². The van der Waals surface area contributed by atoms with Crippen LogP contribution in [0, 0.1) is 11.3 Å². The Hall–Kier alpha value is -3.79. The minimum Gasteiger partial charge on any atom is -0.310 e. The zero-order valence-corrected chi connectivity index (χ0v) is 20.0. The molecule has 0 amide bonds. The highest BCUT2D eigenvalue weighted by Crippen LogP contribution is 2.34. The summed E-state index contributed by atoms with van der Waals surface area (Å²) in [5.74, 6) is 0. The summed E-state index contributed by atoms with van der Waals surface area (Å²) in [7, 11) is 0. The van der Waals surface area contributed by atoms with Crippen LogP contribution in [0.1, 0.15) is 33.6 Å². The van der Waals surface area contributed by atoms with Gasteiger partial charge in [0.05, 0.1) is 29.9 Å². The molecule has 0 radical (unpaired) electrons. The second kappa shape index (κ2) is 9.10. The van der Waals surface area contributed by atoms with Crippen LogP contribution in [0.15, 0.2) is 77.9 Å². The molecule has 1 unspecified atom stereocenters. The van der Waals surface area contributed by atoms with Crippen molar-refractivity contribution in [1.29, 1.82) is 5.26 Å². The SMILES string of the molecule is N#Cc1ccc(CNC2CCc3c(sc4ncn(Cc5cccc6ccccc56)c(=O)c34)C2)cc1. The number of hydrogen-bond acceptors (Lipinski definition) is 5. The van der Waals surface area contributed by atoms with Crippen LogP contribution in [-0.4, -0.2) is 15.6 Å². The van der Waals surface area contributed by atoms with Crippen LogP contribution in [-0.2, 0) is 25.9 Å². The Labute approximate surface area is 207 Å². The Bertz CT molecular complexity index is 1640. The third-order valence-electron chi connectivity index (χ3n) is 6.93. The van der Waals surface area contributed by atoms with Gasteiger partial charge in [0.25, 0.3) is 5.56 Å². The molecule has 2 aromatic heterocycles. The summed E-state index contributed by atoms with van der Waals surface area (Å²) in [4.78, 5) is 20.4. The molecule has 35 heavy (non-hydrogen) atoms. The Morgan fingerprint density at radius 2 is 1.91 bits per heavy atom. The fourth-order valence-electron chi connectivity index (χ4n) is 5.06. The molecule has 1 atom stereocenters. The second-order valence-electron chi connectivity index (χ2n) is 9.13. The average molecular weight is 477 g/mol. The molecule has 1 aliphatic rings. The van der Waals surface area contributed by atoms with Gasteiger partial charge >= 0.3 is 0 Å². The van der Waals surface area contributed by atoms with Gasteiger partial charge in [0.15, 0.2) is 0 Å². The molecule has 172 valence electrons. The van der Waals surface area contributed by atoms with E-state index in [0.29, 0.717) is 18.2 Å². The smallest absolute Gasteiger partial charge is 0.262 e. The first-order valence-electron chi connectivity index (χ1n) is 11.9. The highest BCUT2D eigenvalue weighted by atomic mass is 32.1. The van der Waals surface area contributed by atoms with E-state index in [1.165, 1.54) is 26.8 Å². The van der Waals surface area contributed by atoms with Crippen molar-refractivity contribution in [1.82, 2.24) is 14.9 Å². The molecule has 1 aliphatic carbocycles. The van der Waals surface area contributed by atoms with Gasteiger partial charge in [0.1, 0.15) is 4.83 Å². The number of nitrogens with one attached hydrogen (secondary N) is 1. The molecule has 5 aromatic rings. The van der Waals surface area contributed by atoms with E-state index in [0.717, 1.165) is 41.6 Å². The van der Waals surface area contributed by atoms with Crippen LogP contribution in [0.25, 0.3) is 21.0 Å². The normalized spacial score (nSPS) is 15.2. The number of hydrogen-bond donors (Lipinski definition) is 1. The number of rotatable bonds is 5. The quantitative estimate of drug-likeness (QED) is 0.380. The van der Waals surface area contributed by atoms with Crippen molar-refractivity contribution in [2.75, 3.05) is 0 Å². The minimum atomic E-state index is 0.0597. The molecule has 6 rings (SSSR count). The molecule has 0 aliphatic heterocycles. The van der Waals surface area contributed by atoms with Crippen molar-refractivity contribution in [3.05, 3.63) is 111 Å². The molecule has 5 nitrogen and oxygen atoms in total. The minimum absolute atomic E-state index is 0.0597. The van der Waals surface area contributed by atoms with Crippen LogP contribution in [0.3, 0.4) is 0 Å². The van der Waals surface area contributed by atoms with E-state index in [1.54, 1.807) is 22.2 Å². The maximum atomic E-state index is 13.5. The lowest BCUT2D eigenvalue weighted by atomic mass is 9.93. The monoisotopic (exact) mass is 476 g/mol. The van der Waals surface area contributed by atoms with E-state index in [9.17, 15) is 4.79 Å². The maximum Gasteiger partial charge on any atom is 0.262 e. The second-order valence-corrected chi connectivity index (χ2v) is 10.2. The third kappa shape index (κ3) is 4.14. The Kier molecular flexibility index (Phi) is 5.65. The Balaban J connectivity index is 1.24. The number of fused-ring (bicyclic) bond motifs is 4. The molecule has 0 spiro atoms. The lowest BCUT2D eigenvalue weighted by Crippen LogP contribution is -2.33. The van der Waals surface area contributed by atoms with Crippen molar-refractivity contribution in [3.63, 3.8) is 0 Å². The largest absolute Gasteiger partial charge is 0.310 e. The summed E-state index contributed by atoms with van der Waals surface area (Å²) >= 11 is 1.66. The number of aryl methyl sites for hydroxylation is 1. The average Bonchev–Trinajstić information content (AvgIpc) is 3.28. The molecule has 0 fully saturated rings. The number of nitriles is 1. The fourth-order valence-corrected chi connectivity index (χ4v) is 6.32. The first-order chi connectivity index (χ1) is 17.2. The molecule has 2 heterocycles. The first kappa shape index (κ1) is 21.7. The van der Waals surface area contributed by atoms with Gasteiger partial charge in [-0.25, -0.2) is 4.98 Å². The van der Waals surface area contributed by atoms with E-state index in [1.807, 2.05) is 42.5 Å². The van der Waals surface area contributed by atoms with Crippen molar-refractivity contribution < 1.29 is 0 Å². The van der Waals surface area contributed by atoms with E-state index in [-0.39, 0.29) is 5.56 Å². The van der Waals surface area contributed by atoms with Crippen molar-refractivity contribution >= 4 is 32.3 Å². The zero-order chi connectivity index (χ0) is 23.8. The van der Waals surface area contributed by atoms with Gasteiger partial charge in [-0.05, 0) is 58.9 Å². The van der Waals surface area contributed by atoms with Gasteiger partial charge in [-0.1, -0.05) is 54.6 Å². The predicted octanol–water partition coefficient (Wildman–Crippen LogP) is 5.18. The highest BCUT2D eigenvalue weighted by molar-refractivity contribution is 7.18. The van der Waals surface area contributed by atoms with Crippen LogP contribution in [0.4, 0.5) is 0 Å². The van der Waals surface area contributed by atoms with Crippen molar-refractivity contribution in [3.8, 4) is 6.07 Å². The lowest BCUT2D eigenvalue weighted by Gasteiger charge is -2.23. The summed E-state index contributed by atoms with van der Waals surface area (Å²) in [6.45, 7) is 1.29. The number of nitrogens with zero attached hydrogens (tertiary/aromatic N) is 3. The molecule has 0 saturated heterocycles. The van der Waals surface area contributed by atoms with Crippen molar-refractivity contribution in [2.45, 2.75) is 38.4 Å². The third-order valence-corrected chi connectivity index (χ3v) is 8.10. The Morgan fingerprint density at radius 1 is 1.09 bits per heavy atom. The van der Waals surface area contributed by atoms with Crippen LogP contribution >= 0.6 is 11.3 Å². The van der Waals surface area contributed by atoms with E-state index < -0.39 is 0 Å². The summed E-state index contributed by atoms with van der Waals surface area (Å²) in [6, 6.07) is 24.8. The van der Waals surface area contributed by atoms with E-state index in [2.05, 4.69) is 35.7 Å². The maximum absolute atomic E-state index is 13.5. The number of thiophene rings is 1. The molecule has 1 N–H and O–H groups in total. The summed E-state index contributed by atoms with van der Waals surface area (Å²) < 4.78 is 1.76. The zero-order valence-electron chi connectivity index (χ0n) is 19.2. The van der Waals surface area contributed by atoms with E-state index in [4.69, 9.17) is 10.2 Å². The van der Waals surface area contributed by atoms with E-state index >= 15 is 0 Å². The highest BCUT2D eigenvalue weighted by Gasteiger charge is 2.25. The van der Waals surface area contributed by atoms with Crippen LogP contribution in [0.2, 0.25) is 0 Å². The van der Waals surface area contributed by atoms with Gasteiger partial charge in [-0.15, -0.1) is 11.3 Å². The number of aromatic nitrogens is 2. The lowest BCUT2D eigenvalue weighted by molar-refractivity contribution is 0.462. The standard InChI is InChI=1S/C29H24N4OS/c30-15-19-8-10-20(11-9-19)16-31-23-12-13-25-26(14-23)35-28-27(25)29(34)33(18-32-28)17-22-6-3-5-21-4-1-2-7-24(21)22/h1-11,18,23,31H,12-14,16-17H2. The summed E-state index contributed by atoms with van der Waals surface area (Å²) in [5, 5.41) is 15.8. The fraction of sp³-hybridized carbons (Fsp3) is 0.207. The summed E-state index contributed by atoms with van der Waals surface area (Å²) in [5.41, 5.74) is 4.22. The van der Waals surface area contributed by atoms with Gasteiger partial charge in [-0.2, -0.15) is 5.26 Å². The van der Waals surface area contributed by atoms with Gasteiger partial charge in [-0.3, -0.25) is 9.36 Å². The topological polar surface area (TPSA) is 70.7 Å². The molecule has 0 saturated carbocycles. The molecule has 0 bridgehead atoms. The first-order valence-corrected chi connectivity index (χ1v) is 12.7. The predicted molar refractivity (Wildman–Crippen MR) is 141 cm³/mol. The van der Waals surface area contributed by atoms with Gasteiger partial charge in [0, 0.05) is 17.5 Å². The molecule has 6 heteroatoms. The molecular weight excluding hydrogens is 452 g/mol. The Morgan fingerprint density at radius 3 is 2.77 bits per heavy atom. The van der Waals surface area contributed by atoms with Gasteiger partial charge in [0.2, 0.25) is 0 Å². The number of benzene rings is 3. The summed E-state index contributed by atoms with van der Waals surface area (Å²) in [6.07, 6.45) is 4.49. The molecular formula is C29H24N4OS. The molecule has 3 aromatic carbocycles. The van der Waals surface area contributed by atoms with Crippen molar-refractivity contribution in [2.24, 2.45) is 0 Å².